The minimum atomic E-state index is -0.649. The molecule has 2 N–H and O–H groups in total. The smallest absolute Gasteiger partial charge is 0.340 e. The molecule has 26 heavy (non-hydrogen) atoms. The number of hydrogen-bond acceptors (Lipinski definition) is 6. The highest BCUT2D eigenvalue weighted by atomic mass is 16.6. The molecular weight excluding hydrogens is 338 g/mol. The molecule has 0 saturated carbocycles. The van der Waals surface area contributed by atoms with Gasteiger partial charge in [-0.25, -0.2) is 4.79 Å². The first kappa shape index (κ1) is 19.2. The van der Waals surface area contributed by atoms with Crippen molar-refractivity contribution in [3.63, 3.8) is 0 Å². The van der Waals surface area contributed by atoms with Crippen LogP contribution in [-0.2, 0) is 4.74 Å². The van der Waals surface area contributed by atoms with E-state index in [1.165, 1.54) is 12.1 Å². The third-order valence-electron chi connectivity index (χ3n) is 4.00. The highest BCUT2D eigenvalue weighted by Gasteiger charge is 2.25. The van der Waals surface area contributed by atoms with Gasteiger partial charge in [0.05, 0.1) is 28.8 Å². The van der Waals surface area contributed by atoms with Gasteiger partial charge in [-0.15, -0.1) is 0 Å². The van der Waals surface area contributed by atoms with Crippen molar-refractivity contribution in [3.05, 3.63) is 56.9 Å². The van der Waals surface area contributed by atoms with Crippen LogP contribution in [0, 0.1) is 24.0 Å². The first-order valence-corrected chi connectivity index (χ1v) is 8.17. The van der Waals surface area contributed by atoms with Crippen LogP contribution in [0.4, 0.5) is 11.4 Å². The number of rotatable bonds is 7. The standard InChI is InChI=1S/C18H21N3O5/c1-5-26-18(23)15-10(2)16(20-11(15)3)17(22)12(4)19-13-7-6-8-14(9-13)21(24)25/h6-9,12,19-20H,5H2,1-4H3/t12-/m1/s1. The normalized spacial score (nSPS) is 11.7. The fourth-order valence-corrected chi connectivity index (χ4v) is 2.75. The number of nitrogens with zero attached hydrogens (tertiary/aromatic N) is 1. The number of anilines is 1. The zero-order valence-corrected chi connectivity index (χ0v) is 15.1. The first-order chi connectivity index (χ1) is 12.3. The number of aryl methyl sites for hydroxylation is 1. The number of H-pyrrole nitrogens is 1. The number of aromatic amines is 1. The van der Waals surface area contributed by atoms with E-state index in [4.69, 9.17) is 4.74 Å². The van der Waals surface area contributed by atoms with Crippen LogP contribution in [0.15, 0.2) is 24.3 Å². The third kappa shape index (κ3) is 3.90. The van der Waals surface area contributed by atoms with E-state index in [1.807, 2.05) is 0 Å². The fraction of sp³-hybridized carbons (Fsp3) is 0.333. The lowest BCUT2D eigenvalue weighted by atomic mass is 10.0. The molecule has 1 aromatic carbocycles. The summed E-state index contributed by atoms with van der Waals surface area (Å²) in [6.45, 7) is 7.00. The Morgan fingerprint density at radius 3 is 2.65 bits per heavy atom. The van der Waals surface area contributed by atoms with Gasteiger partial charge in [0.2, 0.25) is 5.78 Å². The van der Waals surface area contributed by atoms with Crippen LogP contribution < -0.4 is 5.32 Å². The van der Waals surface area contributed by atoms with Gasteiger partial charge in [0.15, 0.2) is 0 Å². The number of nitro benzene ring substituents is 1. The van der Waals surface area contributed by atoms with Crippen molar-refractivity contribution in [3.8, 4) is 0 Å². The molecule has 0 fully saturated rings. The van der Waals surface area contributed by atoms with E-state index in [0.717, 1.165) is 0 Å². The molecule has 1 aromatic heterocycles. The molecule has 1 heterocycles. The summed E-state index contributed by atoms with van der Waals surface area (Å²) in [6, 6.07) is 5.28. The van der Waals surface area contributed by atoms with E-state index in [1.54, 1.807) is 39.8 Å². The Kier molecular flexibility index (Phi) is 5.76. The zero-order valence-electron chi connectivity index (χ0n) is 15.1. The number of nitrogens with one attached hydrogen (secondary N) is 2. The number of carbonyl (C=O) groups is 2. The maximum atomic E-state index is 12.8. The number of benzene rings is 1. The number of hydrogen-bond donors (Lipinski definition) is 2. The van der Waals surface area contributed by atoms with Gasteiger partial charge in [0.1, 0.15) is 0 Å². The predicted molar refractivity (Wildman–Crippen MR) is 96.7 cm³/mol. The molecule has 2 rings (SSSR count). The third-order valence-corrected chi connectivity index (χ3v) is 4.00. The van der Waals surface area contributed by atoms with Gasteiger partial charge < -0.3 is 15.0 Å². The molecule has 138 valence electrons. The van der Waals surface area contributed by atoms with Gasteiger partial charge in [-0.3, -0.25) is 14.9 Å². The number of aromatic nitrogens is 1. The summed E-state index contributed by atoms with van der Waals surface area (Å²) in [4.78, 5) is 38.1. The largest absolute Gasteiger partial charge is 0.462 e. The van der Waals surface area contributed by atoms with E-state index in [-0.39, 0.29) is 18.1 Å². The van der Waals surface area contributed by atoms with Crippen molar-refractivity contribution in [2.75, 3.05) is 11.9 Å². The molecule has 2 aromatic rings. The Morgan fingerprint density at radius 2 is 2.04 bits per heavy atom. The summed E-state index contributed by atoms with van der Waals surface area (Å²) < 4.78 is 5.02. The monoisotopic (exact) mass is 359 g/mol. The van der Waals surface area contributed by atoms with Crippen LogP contribution in [0.1, 0.15) is 46.0 Å². The van der Waals surface area contributed by atoms with Crippen LogP contribution in [0.2, 0.25) is 0 Å². The lowest BCUT2D eigenvalue weighted by Gasteiger charge is -2.14. The molecule has 0 aliphatic rings. The van der Waals surface area contributed by atoms with Crippen molar-refractivity contribution in [1.82, 2.24) is 4.98 Å². The van der Waals surface area contributed by atoms with Gasteiger partial charge in [-0.2, -0.15) is 0 Å². The lowest BCUT2D eigenvalue weighted by Crippen LogP contribution is -2.27. The number of ether oxygens (including phenoxy) is 1. The maximum Gasteiger partial charge on any atom is 0.340 e. The molecule has 0 spiro atoms. The molecular formula is C18H21N3O5. The number of Topliss-reactive ketones (excluding diaryl/α,β-unsaturated/α-hetero) is 1. The van der Waals surface area contributed by atoms with E-state index in [0.29, 0.717) is 28.2 Å². The number of carbonyl (C=O) groups excluding carboxylic acids is 2. The van der Waals surface area contributed by atoms with E-state index < -0.39 is 16.9 Å². The van der Waals surface area contributed by atoms with E-state index in [9.17, 15) is 19.7 Å². The topological polar surface area (TPSA) is 114 Å². The number of nitro groups is 1. The van der Waals surface area contributed by atoms with E-state index >= 15 is 0 Å². The Balaban J connectivity index is 2.23. The van der Waals surface area contributed by atoms with Gasteiger partial charge in [-0.05, 0) is 39.3 Å². The van der Waals surface area contributed by atoms with Crippen molar-refractivity contribution >= 4 is 23.1 Å². The first-order valence-electron chi connectivity index (χ1n) is 8.17. The Labute approximate surface area is 150 Å². The Hall–Kier alpha value is -3.16. The van der Waals surface area contributed by atoms with Crippen LogP contribution in [0.25, 0.3) is 0 Å². The molecule has 0 aliphatic carbocycles. The lowest BCUT2D eigenvalue weighted by molar-refractivity contribution is -0.384. The maximum absolute atomic E-state index is 12.8. The minimum absolute atomic E-state index is 0.0638. The summed E-state index contributed by atoms with van der Waals surface area (Å²) in [5, 5.41) is 13.8. The van der Waals surface area contributed by atoms with Crippen molar-refractivity contribution in [1.29, 1.82) is 0 Å². The SMILES string of the molecule is CCOC(=O)c1c(C)[nH]c(C(=O)[C@@H](C)Nc2cccc([N+](=O)[O-])c2)c1C. The summed E-state index contributed by atoms with van der Waals surface area (Å²) >= 11 is 0. The van der Waals surface area contributed by atoms with Gasteiger partial charge >= 0.3 is 5.97 Å². The number of non-ortho nitro benzene ring substituents is 1. The second kappa shape index (κ2) is 7.81. The summed E-state index contributed by atoms with van der Waals surface area (Å²) in [5.74, 6) is -0.732. The Bertz CT molecular complexity index is 857. The second-order valence-electron chi connectivity index (χ2n) is 5.88. The van der Waals surface area contributed by atoms with Crippen LogP contribution >= 0.6 is 0 Å². The van der Waals surface area contributed by atoms with Crippen LogP contribution in [0.5, 0.6) is 0 Å². The summed E-state index contributed by atoms with van der Waals surface area (Å²) in [6.07, 6.45) is 0. The molecule has 0 radical (unpaired) electrons. The molecule has 0 aliphatic heterocycles. The van der Waals surface area contributed by atoms with Gasteiger partial charge in [0, 0.05) is 23.5 Å². The molecule has 1 atom stereocenters. The fourth-order valence-electron chi connectivity index (χ4n) is 2.75. The van der Waals surface area contributed by atoms with Gasteiger partial charge in [0.25, 0.3) is 5.69 Å². The van der Waals surface area contributed by atoms with Crippen LogP contribution in [-0.4, -0.2) is 34.3 Å². The predicted octanol–water partition coefficient (Wildman–Crippen LogP) is 3.40. The number of esters is 1. The molecule has 0 unspecified atom stereocenters. The average molecular weight is 359 g/mol. The summed E-state index contributed by atoms with van der Waals surface area (Å²) in [7, 11) is 0. The second-order valence-corrected chi connectivity index (χ2v) is 5.88. The number of ketones is 1. The Morgan fingerprint density at radius 1 is 1.35 bits per heavy atom. The minimum Gasteiger partial charge on any atom is -0.462 e. The highest BCUT2D eigenvalue weighted by Crippen LogP contribution is 2.22. The highest BCUT2D eigenvalue weighted by molar-refractivity contribution is 6.04. The molecule has 0 amide bonds. The van der Waals surface area contributed by atoms with Crippen molar-refractivity contribution in [2.45, 2.75) is 33.7 Å². The van der Waals surface area contributed by atoms with Gasteiger partial charge in [-0.1, -0.05) is 6.07 Å². The zero-order chi connectivity index (χ0) is 19.4. The molecule has 8 nitrogen and oxygen atoms in total. The molecule has 0 bridgehead atoms. The molecule has 0 saturated heterocycles. The van der Waals surface area contributed by atoms with Crippen molar-refractivity contribution in [2.24, 2.45) is 0 Å². The summed E-state index contributed by atoms with van der Waals surface area (Å²) in [5.41, 5.74) is 2.16. The quantitative estimate of drug-likeness (QED) is 0.339. The van der Waals surface area contributed by atoms with Crippen molar-refractivity contribution < 1.29 is 19.2 Å². The van der Waals surface area contributed by atoms with E-state index in [2.05, 4.69) is 10.3 Å². The van der Waals surface area contributed by atoms with Crippen LogP contribution in [0.3, 0.4) is 0 Å². The molecule has 8 heteroatoms. The average Bonchev–Trinajstić information content (AvgIpc) is 2.89.